The Morgan fingerprint density at radius 2 is 2.04 bits per heavy atom. The van der Waals surface area contributed by atoms with Crippen molar-refractivity contribution < 1.29 is 18.8 Å². The van der Waals surface area contributed by atoms with Crippen LogP contribution in [0.2, 0.25) is 0 Å². The number of hydrogen-bond acceptors (Lipinski definition) is 5. The first-order chi connectivity index (χ1) is 11.2. The first-order valence-corrected chi connectivity index (χ1v) is 7.35. The third-order valence-electron chi connectivity index (χ3n) is 2.99. The van der Waals surface area contributed by atoms with Crippen molar-refractivity contribution in [2.24, 2.45) is 0 Å². The van der Waals surface area contributed by atoms with Crippen LogP contribution in [-0.2, 0) is 9.59 Å². The van der Waals surface area contributed by atoms with E-state index in [0.717, 1.165) is 6.42 Å². The Morgan fingerprint density at radius 3 is 2.70 bits per heavy atom. The minimum Gasteiger partial charge on any atom is -0.484 e. The Labute approximate surface area is 134 Å². The number of anilines is 1. The van der Waals surface area contributed by atoms with Crippen LogP contribution >= 0.6 is 0 Å². The van der Waals surface area contributed by atoms with Gasteiger partial charge in [0, 0.05) is 12.6 Å². The number of carbonyl (C=O) groups is 2. The van der Waals surface area contributed by atoms with Gasteiger partial charge in [-0.25, -0.2) is 0 Å². The second-order valence-electron chi connectivity index (χ2n) is 4.85. The number of aromatic nitrogens is 1. The van der Waals surface area contributed by atoms with Crippen LogP contribution in [0.15, 0.2) is 47.2 Å². The highest BCUT2D eigenvalue weighted by Crippen LogP contribution is 2.08. The van der Waals surface area contributed by atoms with Gasteiger partial charge in [-0.3, -0.25) is 9.59 Å². The van der Waals surface area contributed by atoms with E-state index < -0.39 is 0 Å². The third-order valence-corrected chi connectivity index (χ3v) is 2.99. The highest BCUT2D eigenvalue weighted by Gasteiger charge is 2.17. The SMILES string of the molecule is CCCN(CC(=O)Nc1ccon1)C(=O)COc1ccccc1. The van der Waals surface area contributed by atoms with E-state index in [1.165, 1.54) is 17.2 Å². The normalized spacial score (nSPS) is 10.1. The Morgan fingerprint density at radius 1 is 1.26 bits per heavy atom. The van der Waals surface area contributed by atoms with Crippen LogP contribution in [0.25, 0.3) is 0 Å². The summed E-state index contributed by atoms with van der Waals surface area (Å²) < 4.78 is 10.1. The molecule has 1 N–H and O–H groups in total. The van der Waals surface area contributed by atoms with E-state index in [2.05, 4.69) is 15.0 Å². The molecule has 0 bridgehead atoms. The minimum absolute atomic E-state index is 0.0579. The summed E-state index contributed by atoms with van der Waals surface area (Å²) in [5, 5.41) is 6.16. The number of nitrogens with one attached hydrogen (secondary N) is 1. The summed E-state index contributed by atoms with van der Waals surface area (Å²) in [4.78, 5) is 25.6. The maximum atomic E-state index is 12.2. The Balaban J connectivity index is 1.86. The topological polar surface area (TPSA) is 84.7 Å². The van der Waals surface area contributed by atoms with E-state index in [9.17, 15) is 9.59 Å². The number of rotatable bonds is 8. The van der Waals surface area contributed by atoms with Crippen molar-refractivity contribution in [1.82, 2.24) is 10.1 Å². The molecular formula is C16H19N3O4. The zero-order valence-electron chi connectivity index (χ0n) is 12.9. The number of benzene rings is 1. The number of nitrogens with zero attached hydrogens (tertiary/aromatic N) is 2. The van der Waals surface area contributed by atoms with Crippen LogP contribution in [0.4, 0.5) is 5.82 Å². The zero-order valence-corrected chi connectivity index (χ0v) is 12.9. The smallest absolute Gasteiger partial charge is 0.260 e. The van der Waals surface area contributed by atoms with Crippen LogP contribution in [0, 0.1) is 0 Å². The van der Waals surface area contributed by atoms with Crippen LogP contribution < -0.4 is 10.1 Å². The van der Waals surface area contributed by atoms with Gasteiger partial charge >= 0.3 is 0 Å². The first-order valence-electron chi connectivity index (χ1n) is 7.35. The van der Waals surface area contributed by atoms with Gasteiger partial charge in [0.1, 0.15) is 18.6 Å². The molecule has 1 aromatic carbocycles. The van der Waals surface area contributed by atoms with Crippen molar-refractivity contribution in [3.8, 4) is 5.75 Å². The quantitative estimate of drug-likeness (QED) is 0.804. The largest absolute Gasteiger partial charge is 0.484 e. The molecule has 0 saturated heterocycles. The summed E-state index contributed by atoms with van der Waals surface area (Å²) in [7, 11) is 0. The van der Waals surface area contributed by atoms with Gasteiger partial charge in [0.2, 0.25) is 5.91 Å². The molecule has 0 aliphatic heterocycles. The maximum absolute atomic E-state index is 12.2. The second kappa shape index (κ2) is 8.57. The fourth-order valence-electron chi connectivity index (χ4n) is 1.95. The van der Waals surface area contributed by atoms with Gasteiger partial charge in [0.15, 0.2) is 12.4 Å². The zero-order chi connectivity index (χ0) is 16.5. The van der Waals surface area contributed by atoms with Crippen molar-refractivity contribution in [3.05, 3.63) is 42.7 Å². The maximum Gasteiger partial charge on any atom is 0.260 e. The second-order valence-corrected chi connectivity index (χ2v) is 4.85. The van der Waals surface area contributed by atoms with E-state index in [4.69, 9.17) is 4.74 Å². The summed E-state index contributed by atoms with van der Waals surface area (Å²) in [5.74, 6) is 0.357. The molecular weight excluding hydrogens is 298 g/mol. The molecule has 0 spiro atoms. The average Bonchev–Trinajstić information content (AvgIpc) is 3.06. The lowest BCUT2D eigenvalue weighted by molar-refractivity contribution is -0.136. The predicted molar refractivity (Wildman–Crippen MR) is 83.9 cm³/mol. The van der Waals surface area contributed by atoms with Crippen molar-refractivity contribution in [1.29, 1.82) is 0 Å². The molecule has 0 radical (unpaired) electrons. The molecule has 0 saturated carbocycles. The van der Waals surface area contributed by atoms with Crippen molar-refractivity contribution in [2.75, 3.05) is 25.0 Å². The summed E-state index contributed by atoms with van der Waals surface area (Å²) in [6.45, 7) is 2.25. The van der Waals surface area contributed by atoms with Gasteiger partial charge in [-0.05, 0) is 18.6 Å². The van der Waals surface area contributed by atoms with Gasteiger partial charge < -0.3 is 19.5 Å². The van der Waals surface area contributed by atoms with Crippen molar-refractivity contribution in [2.45, 2.75) is 13.3 Å². The predicted octanol–water partition coefficient (Wildman–Crippen LogP) is 1.93. The van der Waals surface area contributed by atoms with Gasteiger partial charge in [-0.1, -0.05) is 30.3 Å². The van der Waals surface area contributed by atoms with Gasteiger partial charge in [0.25, 0.3) is 5.91 Å². The fraction of sp³-hybridized carbons (Fsp3) is 0.312. The highest BCUT2D eigenvalue weighted by atomic mass is 16.5. The summed E-state index contributed by atoms with van der Waals surface area (Å²) >= 11 is 0. The first kappa shape index (κ1) is 16.5. The van der Waals surface area contributed by atoms with E-state index in [-0.39, 0.29) is 25.0 Å². The molecule has 7 heteroatoms. The lowest BCUT2D eigenvalue weighted by Crippen LogP contribution is -2.41. The van der Waals surface area contributed by atoms with Gasteiger partial charge in [-0.2, -0.15) is 0 Å². The molecule has 122 valence electrons. The molecule has 0 fully saturated rings. The molecule has 0 aliphatic carbocycles. The fourth-order valence-corrected chi connectivity index (χ4v) is 1.95. The minimum atomic E-state index is -0.333. The number of carbonyl (C=O) groups excluding carboxylic acids is 2. The van der Waals surface area contributed by atoms with Crippen LogP contribution in [0.1, 0.15) is 13.3 Å². The third kappa shape index (κ3) is 5.46. The Bertz CT molecular complexity index is 614. The van der Waals surface area contributed by atoms with E-state index in [1.54, 1.807) is 12.1 Å². The van der Waals surface area contributed by atoms with Crippen molar-refractivity contribution >= 4 is 17.6 Å². The molecule has 0 atom stereocenters. The molecule has 7 nitrogen and oxygen atoms in total. The van der Waals surface area contributed by atoms with E-state index >= 15 is 0 Å². The van der Waals surface area contributed by atoms with Crippen LogP contribution in [0.3, 0.4) is 0 Å². The molecule has 1 heterocycles. The van der Waals surface area contributed by atoms with Gasteiger partial charge in [0.05, 0.1) is 0 Å². The van der Waals surface area contributed by atoms with Gasteiger partial charge in [-0.15, -0.1) is 0 Å². The van der Waals surface area contributed by atoms with Crippen LogP contribution in [-0.4, -0.2) is 41.6 Å². The number of amides is 2. The number of hydrogen-bond donors (Lipinski definition) is 1. The molecule has 23 heavy (non-hydrogen) atoms. The van der Waals surface area contributed by atoms with E-state index in [0.29, 0.717) is 18.1 Å². The lowest BCUT2D eigenvalue weighted by Gasteiger charge is -2.21. The summed E-state index contributed by atoms with van der Waals surface area (Å²) in [6.07, 6.45) is 2.10. The molecule has 0 unspecified atom stereocenters. The molecule has 1 aromatic heterocycles. The Kier molecular flexibility index (Phi) is 6.17. The van der Waals surface area contributed by atoms with Crippen LogP contribution in [0.5, 0.6) is 5.75 Å². The molecule has 0 aliphatic rings. The summed E-state index contributed by atoms with van der Waals surface area (Å²) in [5.41, 5.74) is 0. The number of para-hydroxylation sites is 1. The Hall–Kier alpha value is -2.83. The van der Waals surface area contributed by atoms with E-state index in [1.807, 2.05) is 25.1 Å². The molecule has 2 rings (SSSR count). The molecule has 2 amide bonds. The highest BCUT2D eigenvalue weighted by molar-refractivity contribution is 5.93. The summed E-state index contributed by atoms with van der Waals surface area (Å²) in [6, 6.07) is 10.6. The average molecular weight is 317 g/mol. The monoisotopic (exact) mass is 317 g/mol. The standard InChI is InChI=1S/C16H19N3O4/c1-2-9-19(11-15(20)17-14-8-10-23-18-14)16(21)12-22-13-6-4-3-5-7-13/h3-8,10H,2,9,11-12H2,1H3,(H,17,18,20). The molecule has 2 aromatic rings. The lowest BCUT2D eigenvalue weighted by atomic mass is 10.3. The van der Waals surface area contributed by atoms with Crippen molar-refractivity contribution in [3.63, 3.8) is 0 Å². The number of ether oxygens (including phenoxy) is 1.